The van der Waals surface area contributed by atoms with Crippen LogP contribution in [-0.4, -0.2) is 0 Å². The van der Waals surface area contributed by atoms with E-state index in [4.69, 9.17) is 28.7 Å². The SMILES string of the molecule is Nc1ccc(C2c3cc(N)ccc3-c3c2c2ccccc2c2c3c3ccccc3c3c(N)cc4cc(N)c(N)cc4c32)cc1. The van der Waals surface area contributed by atoms with Crippen LogP contribution in [0.1, 0.15) is 22.6 Å². The van der Waals surface area contributed by atoms with Crippen molar-refractivity contribution >= 4 is 82.3 Å². The van der Waals surface area contributed by atoms with E-state index in [9.17, 15) is 0 Å². The van der Waals surface area contributed by atoms with Crippen molar-refractivity contribution in [2.75, 3.05) is 28.7 Å². The lowest BCUT2D eigenvalue weighted by atomic mass is 9.81. The summed E-state index contributed by atoms with van der Waals surface area (Å²) in [5, 5.41) is 11.1. The minimum absolute atomic E-state index is 0.0131. The molecule has 9 rings (SSSR count). The highest BCUT2D eigenvalue weighted by Crippen LogP contribution is 2.57. The van der Waals surface area contributed by atoms with Crippen molar-refractivity contribution in [2.24, 2.45) is 0 Å². The fourth-order valence-corrected chi connectivity index (χ4v) is 7.79. The van der Waals surface area contributed by atoms with E-state index >= 15 is 0 Å². The van der Waals surface area contributed by atoms with Crippen LogP contribution in [0.15, 0.2) is 109 Å². The zero-order chi connectivity index (χ0) is 29.9. The number of nitrogens with two attached hydrogens (primary N) is 5. The van der Waals surface area contributed by atoms with E-state index in [0.29, 0.717) is 17.1 Å². The van der Waals surface area contributed by atoms with E-state index in [1.54, 1.807) is 0 Å². The lowest BCUT2D eigenvalue weighted by molar-refractivity contribution is 1.03. The van der Waals surface area contributed by atoms with Gasteiger partial charge in [-0.2, -0.15) is 0 Å². The van der Waals surface area contributed by atoms with Gasteiger partial charge in [0.15, 0.2) is 0 Å². The largest absolute Gasteiger partial charge is 0.399 e. The van der Waals surface area contributed by atoms with E-state index in [1.807, 2.05) is 36.4 Å². The number of nitrogen functional groups attached to an aromatic ring is 5. The van der Waals surface area contributed by atoms with Crippen molar-refractivity contribution in [3.63, 3.8) is 0 Å². The molecule has 1 aliphatic rings. The second-order valence-corrected chi connectivity index (χ2v) is 12.0. The molecule has 0 amide bonds. The maximum absolute atomic E-state index is 6.93. The molecule has 5 heteroatoms. The summed E-state index contributed by atoms with van der Waals surface area (Å²) >= 11 is 0. The van der Waals surface area contributed by atoms with E-state index in [0.717, 1.165) is 49.1 Å². The molecule has 0 saturated heterocycles. The molecular formula is C39H29N5. The zero-order valence-corrected chi connectivity index (χ0v) is 23.9. The van der Waals surface area contributed by atoms with Crippen molar-refractivity contribution in [1.29, 1.82) is 0 Å². The predicted octanol–water partition coefficient (Wildman–Crippen LogP) is 8.52. The Morgan fingerprint density at radius 3 is 1.73 bits per heavy atom. The highest BCUT2D eigenvalue weighted by molar-refractivity contribution is 6.41. The third-order valence-electron chi connectivity index (χ3n) is 9.56. The molecule has 1 aliphatic carbocycles. The van der Waals surface area contributed by atoms with Crippen LogP contribution >= 0.6 is 0 Å². The number of rotatable bonds is 1. The van der Waals surface area contributed by atoms with E-state index in [2.05, 4.69) is 72.8 Å². The van der Waals surface area contributed by atoms with Crippen LogP contribution in [0.5, 0.6) is 0 Å². The fraction of sp³-hybridized carbons (Fsp3) is 0.0256. The van der Waals surface area contributed by atoms with E-state index in [-0.39, 0.29) is 5.92 Å². The van der Waals surface area contributed by atoms with Crippen LogP contribution in [-0.2, 0) is 0 Å². The Kier molecular flexibility index (Phi) is 4.79. The number of hydrogen-bond donors (Lipinski definition) is 5. The van der Waals surface area contributed by atoms with Gasteiger partial charge in [-0.25, -0.2) is 0 Å². The third-order valence-corrected chi connectivity index (χ3v) is 9.56. The quantitative estimate of drug-likeness (QED) is 0.100. The van der Waals surface area contributed by atoms with E-state index in [1.165, 1.54) is 44.0 Å². The molecule has 0 radical (unpaired) electrons. The van der Waals surface area contributed by atoms with Crippen molar-refractivity contribution in [3.8, 4) is 11.1 Å². The molecule has 0 aliphatic heterocycles. The molecule has 44 heavy (non-hydrogen) atoms. The second kappa shape index (κ2) is 8.55. The first kappa shape index (κ1) is 24.6. The van der Waals surface area contributed by atoms with Gasteiger partial charge in [0.2, 0.25) is 0 Å². The summed E-state index contributed by atoms with van der Waals surface area (Å²) in [6.45, 7) is 0. The Hall–Kier alpha value is -5.94. The molecule has 1 atom stereocenters. The first-order valence-electron chi connectivity index (χ1n) is 14.8. The van der Waals surface area contributed by atoms with Gasteiger partial charge in [-0.1, -0.05) is 66.7 Å². The van der Waals surface area contributed by atoms with Gasteiger partial charge in [0, 0.05) is 33.8 Å². The standard InChI is InChI=1S/C39H29N5/c40-21-11-9-19(10-12-21)33-29-17-22(41)13-14-27(29)38-35(33)25-7-3-4-8-26(25)37-36(38)24-6-2-1-5-23(24)34-32(44)16-20-15-30(42)31(43)18-28(20)39(34)37/h1-18,33H,40-44H2. The van der Waals surface area contributed by atoms with Crippen molar-refractivity contribution < 1.29 is 0 Å². The van der Waals surface area contributed by atoms with Crippen LogP contribution in [0.2, 0.25) is 0 Å². The van der Waals surface area contributed by atoms with Crippen LogP contribution in [0.3, 0.4) is 0 Å². The molecule has 0 saturated carbocycles. The molecule has 210 valence electrons. The molecule has 0 bridgehead atoms. The maximum atomic E-state index is 6.93. The van der Waals surface area contributed by atoms with Gasteiger partial charge < -0.3 is 28.7 Å². The maximum Gasteiger partial charge on any atom is 0.0554 e. The Labute approximate surface area is 253 Å². The molecule has 8 aromatic rings. The Balaban J connectivity index is 1.62. The Bertz CT molecular complexity index is 2550. The van der Waals surface area contributed by atoms with Gasteiger partial charge in [0.25, 0.3) is 0 Å². The van der Waals surface area contributed by atoms with Crippen LogP contribution < -0.4 is 28.7 Å². The number of benzene rings is 8. The molecule has 1 unspecified atom stereocenters. The average molecular weight is 568 g/mol. The van der Waals surface area contributed by atoms with Crippen molar-refractivity contribution in [2.45, 2.75) is 5.92 Å². The Morgan fingerprint density at radius 1 is 0.432 bits per heavy atom. The summed E-state index contributed by atoms with van der Waals surface area (Å²) in [7, 11) is 0. The number of fused-ring (bicyclic) bond motifs is 15. The summed E-state index contributed by atoms with van der Waals surface area (Å²) in [4.78, 5) is 0. The van der Waals surface area contributed by atoms with Gasteiger partial charge in [-0.3, -0.25) is 0 Å². The zero-order valence-electron chi connectivity index (χ0n) is 23.9. The second-order valence-electron chi connectivity index (χ2n) is 12.0. The van der Waals surface area contributed by atoms with Gasteiger partial charge in [0.1, 0.15) is 0 Å². The normalized spacial score (nSPS) is 14.1. The van der Waals surface area contributed by atoms with Crippen LogP contribution in [0, 0.1) is 0 Å². The highest BCUT2D eigenvalue weighted by Gasteiger charge is 2.35. The molecule has 0 spiro atoms. The molecule has 5 nitrogen and oxygen atoms in total. The monoisotopic (exact) mass is 567 g/mol. The summed E-state index contributed by atoms with van der Waals surface area (Å²) < 4.78 is 0. The number of hydrogen-bond acceptors (Lipinski definition) is 5. The van der Waals surface area contributed by atoms with Crippen molar-refractivity contribution in [3.05, 3.63) is 126 Å². The Morgan fingerprint density at radius 2 is 1.00 bits per heavy atom. The summed E-state index contributed by atoms with van der Waals surface area (Å²) in [5.41, 5.74) is 41.7. The summed E-state index contributed by atoms with van der Waals surface area (Å²) in [6, 6.07) is 37.9. The summed E-state index contributed by atoms with van der Waals surface area (Å²) in [5.74, 6) is -0.0131. The van der Waals surface area contributed by atoms with Crippen molar-refractivity contribution in [1.82, 2.24) is 0 Å². The minimum atomic E-state index is -0.0131. The van der Waals surface area contributed by atoms with Gasteiger partial charge in [0.05, 0.1) is 11.4 Å². The smallest absolute Gasteiger partial charge is 0.0554 e. The number of anilines is 5. The van der Waals surface area contributed by atoms with Crippen LogP contribution in [0.25, 0.3) is 65.0 Å². The van der Waals surface area contributed by atoms with E-state index < -0.39 is 0 Å². The molecule has 0 fully saturated rings. The minimum Gasteiger partial charge on any atom is -0.399 e. The molecule has 0 aromatic heterocycles. The molecular weight excluding hydrogens is 538 g/mol. The third kappa shape index (κ3) is 3.13. The van der Waals surface area contributed by atoms with Gasteiger partial charge >= 0.3 is 0 Å². The molecule has 10 N–H and O–H groups in total. The van der Waals surface area contributed by atoms with Crippen LogP contribution in [0.4, 0.5) is 28.4 Å². The lowest BCUT2D eigenvalue weighted by Crippen LogP contribution is -2.02. The average Bonchev–Trinajstić information content (AvgIpc) is 3.36. The topological polar surface area (TPSA) is 130 Å². The first-order valence-corrected chi connectivity index (χ1v) is 14.8. The summed E-state index contributed by atoms with van der Waals surface area (Å²) in [6.07, 6.45) is 0. The lowest BCUT2D eigenvalue weighted by Gasteiger charge is -2.22. The highest BCUT2D eigenvalue weighted by atomic mass is 14.7. The van der Waals surface area contributed by atoms with Gasteiger partial charge in [-0.15, -0.1) is 0 Å². The van der Waals surface area contributed by atoms with Gasteiger partial charge in [-0.05, 0) is 113 Å². The first-order chi connectivity index (χ1) is 21.4. The predicted molar refractivity (Wildman–Crippen MR) is 189 cm³/mol. The fourth-order valence-electron chi connectivity index (χ4n) is 7.79. The molecule has 8 aromatic carbocycles. The molecule has 0 heterocycles.